The van der Waals surface area contributed by atoms with Crippen molar-refractivity contribution in [3.63, 3.8) is 0 Å². The molecule has 0 spiro atoms. The Bertz CT molecular complexity index is 804. The molecule has 0 saturated carbocycles. The van der Waals surface area contributed by atoms with Gasteiger partial charge in [0.05, 0.1) is 25.8 Å². The first-order valence-electron chi connectivity index (χ1n) is 7.53. The Balaban J connectivity index is 2.65. The molecule has 136 valence electrons. The lowest BCUT2D eigenvalue weighted by atomic mass is 10.3. The molecule has 2 aromatic rings. The number of carbonyl (C=O) groups excluding carboxylic acids is 1. The normalized spacial score (nSPS) is 11.2. The molecule has 2 rings (SSSR count). The summed E-state index contributed by atoms with van der Waals surface area (Å²) in [7, 11) is 4.67. The summed E-state index contributed by atoms with van der Waals surface area (Å²) in [6.45, 7) is 0.480. The van der Waals surface area contributed by atoms with Crippen molar-refractivity contribution in [3.8, 4) is 0 Å². The zero-order valence-corrected chi connectivity index (χ0v) is 15.0. The van der Waals surface area contributed by atoms with Crippen LogP contribution in [0.2, 0.25) is 5.15 Å². The second-order valence-corrected chi connectivity index (χ2v) is 5.64. The lowest BCUT2D eigenvalue weighted by Gasteiger charge is -2.20. The summed E-state index contributed by atoms with van der Waals surface area (Å²) in [4.78, 5) is 33.1. The molecule has 10 heteroatoms. The maximum atomic E-state index is 12.9. The van der Waals surface area contributed by atoms with Gasteiger partial charge in [-0.25, -0.2) is 9.97 Å². The number of fused-ring (bicyclic) bond motifs is 1. The number of aromatic nitrogens is 3. The van der Waals surface area contributed by atoms with Crippen LogP contribution >= 0.6 is 11.6 Å². The first-order chi connectivity index (χ1) is 12.0. The van der Waals surface area contributed by atoms with Gasteiger partial charge >= 0.3 is 0 Å². The summed E-state index contributed by atoms with van der Waals surface area (Å²) < 4.78 is 11.8. The van der Waals surface area contributed by atoms with E-state index in [0.717, 1.165) is 0 Å². The number of nitrogens with one attached hydrogen (secondary N) is 2. The molecule has 0 fully saturated rings. The Morgan fingerprint density at radius 2 is 1.96 bits per heavy atom. The standard InChI is InChI=1S/C15H20ClN5O4/c1-17-6-12(22)20-13-15(23)21(9(7-24-2)8-25-3)14-10(18-13)4-5-11(16)19-14/h4-5,9,17H,6-8H2,1-3H3,(H,18,20,22). The van der Waals surface area contributed by atoms with E-state index in [1.807, 2.05) is 0 Å². The summed E-state index contributed by atoms with van der Waals surface area (Å²) in [6.07, 6.45) is 0. The van der Waals surface area contributed by atoms with Crippen molar-refractivity contribution < 1.29 is 14.3 Å². The van der Waals surface area contributed by atoms with E-state index in [-0.39, 0.29) is 36.6 Å². The first kappa shape index (κ1) is 19.3. The zero-order chi connectivity index (χ0) is 18.4. The Morgan fingerprint density at radius 1 is 1.28 bits per heavy atom. The lowest BCUT2D eigenvalue weighted by Crippen LogP contribution is -2.35. The number of rotatable bonds is 8. The van der Waals surface area contributed by atoms with Gasteiger partial charge in [-0.3, -0.25) is 14.2 Å². The van der Waals surface area contributed by atoms with Gasteiger partial charge in [0.1, 0.15) is 10.7 Å². The van der Waals surface area contributed by atoms with Gasteiger partial charge < -0.3 is 20.1 Å². The van der Waals surface area contributed by atoms with Crippen molar-refractivity contribution in [2.45, 2.75) is 6.04 Å². The van der Waals surface area contributed by atoms with Crippen LogP contribution in [-0.4, -0.2) is 61.5 Å². The van der Waals surface area contributed by atoms with Crippen LogP contribution < -0.4 is 16.2 Å². The molecule has 0 aromatic carbocycles. The van der Waals surface area contributed by atoms with E-state index in [2.05, 4.69) is 20.6 Å². The van der Waals surface area contributed by atoms with Crippen molar-refractivity contribution in [1.29, 1.82) is 0 Å². The highest BCUT2D eigenvalue weighted by atomic mass is 35.5. The van der Waals surface area contributed by atoms with Crippen LogP contribution in [0, 0.1) is 0 Å². The maximum absolute atomic E-state index is 12.9. The van der Waals surface area contributed by atoms with Crippen LogP contribution in [0.5, 0.6) is 0 Å². The van der Waals surface area contributed by atoms with Crippen molar-refractivity contribution in [3.05, 3.63) is 27.6 Å². The van der Waals surface area contributed by atoms with E-state index < -0.39 is 11.6 Å². The summed E-state index contributed by atoms with van der Waals surface area (Å²) in [5.41, 5.74) is 0.204. The van der Waals surface area contributed by atoms with Gasteiger partial charge in [0, 0.05) is 14.2 Å². The molecule has 0 bridgehead atoms. The van der Waals surface area contributed by atoms with Crippen molar-refractivity contribution in [1.82, 2.24) is 19.9 Å². The molecule has 25 heavy (non-hydrogen) atoms. The van der Waals surface area contributed by atoms with Crippen LogP contribution in [0.15, 0.2) is 16.9 Å². The first-order valence-corrected chi connectivity index (χ1v) is 7.90. The molecule has 0 unspecified atom stereocenters. The predicted octanol–water partition coefficient (Wildman–Crippen LogP) is 0.437. The molecule has 0 atom stereocenters. The van der Waals surface area contributed by atoms with Crippen molar-refractivity contribution in [2.24, 2.45) is 0 Å². The van der Waals surface area contributed by atoms with Crippen molar-refractivity contribution in [2.75, 3.05) is 46.3 Å². The molecule has 0 aliphatic heterocycles. The second-order valence-electron chi connectivity index (χ2n) is 5.26. The fourth-order valence-electron chi connectivity index (χ4n) is 2.40. The van der Waals surface area contributed by atoms with Crippen LogP contribution in [0.1, 0.15) is 6.04 Å². The number of nitrogens with zero attached hydrogens (tertiary/aromatic N) is 3. The van der Waals surface area contributed by atoms with Gasteiger partial charge in [0.25, 0.3) is 5.56 Å². The number of hydrogen-bond acceptors (Lipinski definition) is 7. The van der Waals surface area contributed by atoms with Crippen LogP contribution in [0.25, 0.3) is 11.2 Å². The number of ether oxygens (including phenoxy) is 2. The van der Waals surface area contributed by atoms with Gasteiger partial charge in [-0.2, -0.15) is 0 Å². The van der Waals surface area contributed by atoms with E-state index in [0.29, 0.717) is 11.2 Å². The van der Waals surface area contributed by atoms with Crippen molar-refractivity contribution >= 4 is 34.5 Å². The van der Waals surface area contributed by atoms with E-state index >= 15 is 0 Å². The molecule has 0 aliphatic rings. The summed E-state index contributed by atoms with van der Waals surface area (Å²) >= 11 is 5.97. The highest BCUT2D eigenvalue weighted by molar-refractivity contribution is 6.29. The van der Waals surface area contributed by atoms with E-state index in [1.54, 1.807) is 19.2 Å². The molecule has 0 radical (unpaired) electrons. The van der Waals surface area contributed by atoms with Gasteiger partial charge in [0.15, 0.2) is 11.5 Å². The van der Waals surface area contributed by atoms with Crippen LogP contribution in [-0.2, 0) is 14.3 Å². The monoisotopic (exact) mass is 369 g/mol. The minimum Gasteiger partial charge on any atom is -0.382 e. The fraction of sp³-hybridized carbons (Fsp3) is 0.467. The molecule has 2 heterocycles. The minimum absolute atomic E-state index is 0.0532. The van der Waals surface area contributed by atoms with E-state index in [1.165, 1.54) is 18.8 Å². The minimum atomic E-state index is -0.509. The quantitative estimate of drug-likeness (QED) is 0.650. The average molecular weight is 370 g/mol. The molecule has 1 amide bonds. The van der Waals surface area contributed by atoms with Gasteiger partial charge in [-0.1, -0.05) is 11.6 Å². The highest BCUT2D eigenvalue weighted by Crippen LogP contribution is 2.18. The second kappa shape index (κ2) is 8.86. The molecule has 0 aliphatic carbocycles. The number of pyridine rings is 1. The third-order valence-electron chi connectivity index (χ3n) is 3.38. The third-order valence-corrected chi connectivity index (χ3v) is 3.59. The number of halogens is 1. The smallest absolute Gasteiger partial charge is 0.295 e. The molecular weight excluding hydrogens is 350 g/mol. The van der Waals surface area contributed by atoms with Gasteiger partial charge in [-0.15, -0.1) is 0 Å². The number of amides is 1. The summed E-state index contributed by atoms with van der Waals surface area (Å²) in [6, 6.07) is 2.73. The fourth-order valence-corrected chi connectivity index (χ4v) is 2.54. The number of anilines is 1. The molecular formula is C15H20ClN5O4. The Morgan fingerprint density at radius 3 is 2.56 bits per heavy atom. The molecule has 2 N–H and O–H groups in total. The van der Waals surface area contributed by atoms with Crippen LogP contribution in [0.4, 0.5) is 5.82 Å². The average Bonchev–Trinajstić information content (AvgIpc) is 2.56. The topological polar surface area (TPSA) is 107 Å². The van der Waals surface area contributed by atoms with Crippen LogP contribution in [0.3, 0.4) is 0 Å². The molecule has 0 saturated heterocycles. The number of methoxy groups -OCH3 is 2. The lowest BCUT2D eigenvalue weighted by molar-refractivity contribution is -0.115. The highest BCUT2D eigenvalue weighted by Gasteiger charge is 2.21. The van der Waals surface area contributed by atoms with Gasteiger partial charge in [0.2, 0.25) is 5.91 Å². The largest absolute Gasteiger partial charge is 0.382 e. The zero-order valence-electron chi connectivity index (χ0n) is 14.2. The summed E-state index contributed by atoms with van der Waals surface area (Å²) in [5.74, 6) is -0.468. The third kappa shape index (κ3) is 4.51. The van der Waals surface area contributed by atoms with E-state index in [9.17, 15) is 9.59 Å². The number of carbonyl (C=O) groups is 1. The number of likely N-dealkylation sites (N-methyl/N-ethyl adjacent to an activating group) is 1. The molecule has 2 aromatic heterocycles. The Hall–Kier alpha value is -2.07. The Kier molecular flexibility index (Phi) is 6.82. The van der Waals surface area contributed by atoms with Gasteiger partial charge in [-0.05, 0) is 19.2 Å². The predicted molar refractivity (Wildman–Crippen MR) is 94.2 cm³/mol. The number of hydrogen-bond donors (Lipinski definition) is 2. The van der Waals surface area contributed by atoms with E-state index in [4.69, 9.17) is 21.1 Å². The SMILES string of the molecule is CNCC(=O)Nc1nc2ccc(Cl)nc2n(C(COC)COC)c1=O. The summed E-state index contributed by atoms with van der Waals surface area (Å²) in [5, 5.41) is 5.45. The maximum Gasteiger partial charge on any atom is 0.295 e. The molecule has 9 nitrogen and oxygen atoms in total. The Labute approximate surface area is 149 Å².